The average Bonchev–Trinajstić information content (AvgIpc) is 2.93. The molecule has 2 aromatic heterocycles. The standard InChI is InChI=1S/C10H13N5O5/c11-10-13-7-4(8(19)14-10)12-2-15(7)9-6(18)5(17)3(1-16)20-9/h2-3,5-6,9,16-18H,1H2,(H3,11,13,14,19)/t3-,5?,6+,9-/m1/s1/i1+1,2+1,3+1,4+1,5+1,6+1,7+1,8+1,9+1,10+1,11+1,12+1,13+1,14+1,15+1. The fourth-order valence-electron chi connectivity index (χ4n) is 2.24. The van der Waals surface area contributed by atoms with Crippen LogP contribution in [-0.4, -0.2) is 59.8 Å². The Hall–Kier alpha value is -2.01. The molecule has 3 heterocycles. The van der Waals surface area contributed by atoms with Crippen molar-refractivity contribution in [3.8, 4) is 0 Å². The minimum atomic E-state index is -1.29. The summed E-state index contributed by atoms with van der Waals surface area (Å²) in [6.07, 6.45) is -3.21. The minimum Gasteiger partial charge on any atom is -0.394 e. The monoisotopic (exact) mass is 298 g/mol. The Morgan fingerprint density at radius 2 is 2.20 bits per heavy atom. The SMILES string of the molecule is [15NH2][13c]1[15n][13c]2[13c]([15n][13cH][15n]2[13C@@H]2O[13C@H]([13CH2]O)[13CH](O)[13C@@H]2O)[13c](=O)[15nH]1. The van der Waals surface area contributed by atoms with Crippen molar-refractivity contribution in [2.75, 3.05) is 12.3 Å². The van der Waals surface area contributed by atoms with E-state index in [0.717, 1.165) is 0 Å². The van der Waals surface area contributed by atoms with Crippen LogP contribution in [0.1, 0.15) is 6.23 Å². The van der Waals surface area contributed by atoms with Crippen LogP contribution in [0.3, 0.4) is 0 Å². The van der Waals surface area contributed by atoms with Crippen molar-refractivity contribution in [3.63, 3.8) is 0 Å². The van der Waals surface area contributed by atoms with Crippen molar-refractivity contribution < 1.29 is 20.1 Å². The van der Waals surface area contributed by atoms with Gasteiger partial charge in [-0.05, 0) is 0 Å². The first-order valence-electron chi connectivity index (χ1n) is 5.87. The van der Waals surface area contributed by atoms with E-state index in [1.807, 2.05) is 0 Å². The molecule has 1 aliphatic rings. The Bertz CT molecular complexity index is 697. The van der Waals surface area contributed by atoms with Gasteiger partial charge in [0.15, 0.2) is 17.4 Å². The van der Waals surface area contributed by atoms with Crippen molar-refractivity contribution in [1.82, 2.24) is 19.5 Å². The van der Waals surface area contributed by atoms with Crippen LogP contribution < -0.4 is 11.3 Å². The zero-order valence-corrected chi connectivity index (χ0v) is 10.2. The van der Waals surface area contributed by atoms with E-state index >= 15 is 0 Å². The van der Waals surface area contributed by atoms with Crippen LogP contribution in [-0.2, 0) is 4.74 Å². The van der Waals surface area contributed by atoms with Crippen molar-refractivity contribution >= 4 is 17.1 Å². The topological polar surface area (TPSA) is 160 Å². The summed E-state index contributed by atoms with van der Waals surface area (Å²) in [5.74, 6) is -0.101. The average molecular weight is 298 g/mol. The molecule has 0 amide bonds. The fraction of sp³-hybridized carbons (Fsp3) is 0.500. The first-order chi connectivity index (χ1) is 9.52. The van der Waals surface area contributed by atoms with Gasteiger partial charge in [0.25, 0.3) is 5.56 Å². The van der Waals surface area contributed by atoms with Crippen LogP contribution in [0.2, 0.25) is 0 Å². The molecule has 10 nitrogen and oxygen atoms in total. The molecule has 4 atom stereocenters. The molecule has 0 spiro atoms. The van der Waals surface area contributed by atoms with Gasteiger partial charge in [-0.1, -0.05) is 0 Å². The van der Waals surface area contributed by atoms with Crippen LogP contribution in [0.25, 0.3) is 11.2 Å². The fourth-order valence-corrected chi connectivity index (χ4v) is 2.24. The Morgan fingerprint density at radius 1 is 1.45 bits per heavy atom. The third-order valence-corrected chi connectivity index (χ3v) is 3.24. The summed E-state index contributed by atoms with van der Waals surface area (Å²) in [6, 6.07) is 0. The zero-order valence-electron chi connectivity index (χ0n) is 10.2. The lowest BCUT2D eigenvalue weighted by Gasteiger charge is -2.16. The molecule has 108 valence electrons. The number of hydrogen-bond donors (Lipinski definition) is 5. The molecular weight excluding hydrogens is 285 g/mol. The van der Waals surface area contributed by atoms with Gasteiger partial charge in [0.2, 0.25) is 5.95 Å². The number of rotatable bonds is 2. The van der Waals surface area contributed by atoms with Gasteiger partial charge in [0.1, 0.15) is 18.3 Å². The van der Waals surface area contributed by atoms with Crippen molar-refractivity contribution in [2.24, 2.45) is 0 Å². The summed E-state index contributed by atoms with van der Waals surface area (Å²) in [4.78, 5) is 21.8. The van der Waals surface area contributed by atoms with Crippen LogP contribution in [0, 0.1) is 0 Å². The molecule has 1 saturated heterocycles. The van der Waals surface area contributed by atoms with E-state index in [-0.39, 0.29) is 17.1 Å². The molecule has 20 heavy (non-hydrogen) atoms. The van der Waals surface area contributed by atoms with E-state index < -0.39 is 36.7 Å². The lowest BCUT2D eigenvalue weighted by molar-refractivity contribution is -0.0511. The maximum absolute atomic E-state index is 11.7. The second-order valence-corrected chi connectivity index (χ2v) is 4.50. The number of aliphatic hydroxyl groups excluding tert-OH is 3. The quantitative estimate of drug-likeness (QED) is 0.296. The molecule has 2 aromatic rings. The Morgan fingerprint density at radius 3 is 2.85 bits per heavy atom. The highest BCUT2D eigenvalue weighted by Gasteiger charge is 2.44. The van der Waals surface area contributed by atoms with Gasteiger partial charge in [-0.15, -0.1) is 0 Å². The number of aromatic amines is 1. The molecule has 1 unspecified atom stereocenters. The van der Waals surface area contributed by atoms with Crippen molar-refractivity contribution in [1.29, 1.82) is 0 Å². The van der Waals surface area contributed by atoms with Gasteiger partial charge in [-0.3, -0.25) is 14.3 Å². The predicted octanol–water partition coefficient (Wildman–Crippen LogP) is -2.69. The number of anilines is 1. The molecule has 1 aliphatic heterocycles. The number of fused-ring (bicyclic) bond motifs is 1. The van der Waals surface area contributed by atoms with E-state index in [0.29, 0.717) is 0 Å². The first kappa shape index (κ1) is 13.0. The summed E-state index contributed by atoms with van der Waals surface area (Å²) < 4.78 is 6.64. The minimum absolute atomic E-state index is 0.0388. The van der Waals surface area contributed by atoms with Crippen LogP contribution in [0.4, 0.5) is 5.95 Å². The predicted molar refractivity (Wildman–Crippen MR) is 65.6 cm³/mol. The lowest BCUT2D eigenvalue weighted by Crippen LogP contribution is -2.33. The molecule has 6 N–H and O–H groups in total. The normalized spacial score (nSPS) is 30.1. The number of imidazole rings is 1. The van der Waals surface area contributed by atoms with Gasteiger partial charge in [0.05, 0.1) is 12.9 Å². The second-order valence-electron chi connectivity index (χ2n) is 4.50. The molecule has 0 radical (unpaired) electrons. The van der Waals surface area contributed by atoms with E-state index in [1.54, 1.807) is 0 Å². The number of hydrogen-bond acceptors (Lipinski definition) is 8. The third kappa shape index (κ3) is 1.78. The molecule has 0 aliphatic carbocycles. The highest BCUT2D eigenvalue weighted by molar-refractivity contribution is 5.70. The molecule has 1 fully saturated rings. The summed E-state index contributed by atoms with van der Waals surface area (Å²) in [6.45, 7) is -0.447. The van der Waals surface area contributed by atoms with Gasteiger partial charge in [-0.2, -0.15) is 4.98 Å². The highest BCUT2D eigenvalue weighted by atomic mass is 16.8. The number of nitrogen functional groups attached to an aromatic ring is 1. The maximum atomic E-state index is 11.7. The molecule has 0 bridgehead atoms. The lowest BCUT2D eigenvalue weighted by atomic mass is 11.1. The summed E-state index contributed by atoms with van der Waals surface area (Å²) >= 11 is 0. The van der Waals surface area contributed by atoms with Crippen LogP contribution in [0.5, 0.6) is 0 Å². The molecule has 10 heteroatoms. The summed E-state index contributed by atoms with van der Waals surface area (Å²) in [7, 11) is 0. The Labute approximate surface area is 111 Å². The summed E-state index contributed by atoms with van der Waals surface area (Å²) in [5, 5.41) is 28.7. The van der Waals surface area contributed by atoms with E-state index in [1.165, 1.54) is 10.9 Å². The Balaban J connectivity index is 2.09. The smallest absolute Gasteiger partial charge is 0.280 e. The van der Waals surface area contributed by atoms with Crippen molar-refractivity contribution in [3.05, 3.63) is 16.7 Å². The molecule has 0 aromatic carbocycles. The van der Waals surface area contributed by atoms with Gasteiger partial charge in [-0.25, -0.2) is 4.98 Å². The van der Waals surface area contributed by atoms with Gasteiger partial charge in [0, 0.05) is 0 Å². The highest BCUT2D eigenvalue weighted by Crippen LogP contribution is 2.30. The summed E-state index contributed by atoms with van der Waals surface area (Å²) in [5.41, 5.74) is 5.12. The largest absolute Gasteiger partial charge is 0.394 e. The van der Waals surface area contributed by atoms with Crippen molar-refractivity contribution in [2.45, 2.75) is 24.5 Å². The number of aliphatic hydroxyl groups is 3. The van der Waals surface area contributed by atoms with E-state index in [4.69, 9.17) is 15.6 Å². The first-order valence-corrected chi connectivity index (χ1v) is 5.87. The number of ether oxygens (including phenoxy) is 1. The molecule has 3 rings (SSSR count). The van der Waals surface area contributed by atoms with Gasteiger partial charge >= 0.3 is 0 Å². The zero-order chi connectivity index (χ0) is 14.4. The molecular formula is C10H13N5O5. The number of nitrogens with two attached hydrogens (primary N) is 1. The number of nitrogens with one attached hydrogen (secondary N) is 1. The van der Waals surface area contributed by atoms with Crippen LogP contribution >= 0.6 is 0 Å². The number of nitrogens with zero attached hydrogens (tertiary/aromatic N) is 3. The van der Waals surface area contributed by atoms with E-state index in [9.17, 15) is 15.0 Å². The number of aromatic nitrogens is 4. The molecule has 0 saturated carbocycles. The Kier molecular flexibility index (Phi) is 2.94. The number of H-pyrrole nitrogens is 1. The second kappa shape index (κ2) is 4.52. The maximum Gasteiger partial charge on any atom is 0.280 e. The van der Waals surface area contributed by atoms with Gasteiger partial charge < -0.3 is 25.8 Å². The van der Waals surface area contributed by atoms with Crippen LogP contribution in [0.15, 0.2) is 11.1 Å². The third-order valence-electron chi connectivity index (χ3n) is 3.24. The van der Waals surface area contributed by atoms with E-state index in [2.05, 4.69) is 15.0 Å².